The Kier molecular flexibility index (Phi) is 5.77. The van der Waals surface area contributed by atoms with E-state index < -0.39 is 0 Å². The number of thioether (sulfide) groups is 1. The van der Waals surface area contributed by atoms with Gasteiger partial charge < -0.3 is 0 Å². The van der Waals surface area contributed by atoms with Crippen molar-refractivity contribution in [3.05, 3.63) is 18.5 Å². The Balaban J connectivity index is 1.24. The number of anilines is 1. The van der Waals surface area contributed by atoms with E-state index in [-0.39, 0.29) is 29.1 Å². The van der Waals surface area contributed by atoms with E-state index >= 15 is 0 Å². The highest BCUT2D eigenvalue weighted by Crippen LogP contribution is 2.35. The molecule has 1 amide bonds. The minimum atomic E-state index is -0.363. The van der Waals surface area contributed by atoms with Gasteiger partial charge in [0, 0.05) is 31.2 Å². The Morgan fingerprint density at radius 1 is 1.54 bits per heavy atom. The van der Waals surface area contributed by atoms with Gasteiger partial charge in [0.2, 0.25) is 11.9 Å². The molecule has 0 radical (unpaired) electrons. The SMILES string of the molecule is CCC1(NN2OC3CN(CC(=O)Nc4ncccn4)CCC32)NC(C#N)CS1. The summed E-state index contributed by atoms with van der Waals surface area (Å²) in [5.74, 6) is 0.950. The smallest absolute Gasteiger partial charge is 0.240 e. The molecule has 4 unspecified atom stereocenters. The molecule has 0 aliphatic carbocycles. The lowest BCUT2D eigenvalue weighted by atomic mass is 10.00. The van der Waals surface area contributed by atoms with E-state index in [4.69, 9.17) is 10.1 Å². The van der Waals surface area contributed by atoms with Crippen molar-refractivity contribution < 1.29 is 9.63 Å². The maximum absolute atomic E-state index is 12.2. The number of nitrogens with one attached hydrogen (secondary N) is 3. The number of rotatable bonds is 6. The lowest BCUT2D eigenvalue weighted by Gasteiger charge is -2.53. The van der Waals surface area contributed by atoms with Crippen LogP contribution in [0.15, 0.2) is 18.5 Å². The normalized spacial score (nSPS) is 32.9. The van der Waals surface area contributed by atoms with Crippen LogP contribution < -0.4 is 16.1 Å². The number of nitriles is 1. The average molecular weight is 405 g/mol. The number of nitrogens with zero attached hydrogens (tertiary/aromatic N) is 5. The minimum absolute atomic E-state index is 0.0640. The minimum Gasteiger partial charge on any atom is -0.293 e. The summed E-state index contributed by atoms with van der Waals surface area (Å²) in [6.45, 7) is 3.89. The number of fused-ring (bicyclic) bond motifs is 1. The van der Waals surface area contributed by atoms with Gasteiger partial charge in [0.25, 0.3) is 0 Å². The molecule has 28 heavy (non-hydrogen) atoms. The van der Waals surface area contributed by atoms with E-state index in [0.29, 0.717) is 19.0 Å². The Hall–Kier alpha value is -1.81. The van der Waals surface area contributed by atoms with Gasteiger partial charge in [0.05, 0.1) is 18.7 Å². The summed E-state index contributed by atoms with van der Waals surface area (Å²) in [5, 5.41) is 17.0. The van der Waals surface area contributed by atoms with Crippen LogP contribution in [0.3, 0.4) is 0 Å². The zero-order valence-corrected chi connectivity index (χ0v) is 16.5. The topological polar surface area (TPSA) is 118 Å². The Morgan fingerprint density at radius 2 is 2.36 bits per heavy atom. The summed E-state index contributed by atoms with van der Waals surface area (Å²) in [6.07, 6.45) is 4.99. The molecule has 11 heteroatoms. The fourth-order valence-electron chi connectivity index (χ4n) is 3.67. The van der Waals surface area contributed by atoms with Gasteiger partial charge in [0.15, 0.2) is 0 Å². The van der Waals surface area contributed by atoms with E-state index in [1.165, 1.54) is 0 Å². The number of piperidine rings is 1. The molecule has 0 saturated carbocycles. The quantitative estimate of drug-likeness (QED) is 0.593. The summed E-state index contributed by atoms with van der Waals surface area (Å²) in [5.41, 5.74) is 3.43. The van der Waals surface area contributed by atoms with E-state index in [0.717, 1.165) is 25.1 Å². The van der Waals surface area contributed by atoms with Crippen LogP contribution >= 0.6 is 11.8 Å². The molecular formula is C17H24N8O2S. The highest BCUT2D eigenvalue weighted by Gasteiger charge is 2.49. The number of hydrazine groups is 1. The van der Waals surface area contributed by atoms with Crippen molar-refractivity contribution in [1.29, 1.82) is 5.26 Å². The van der Waals surface area contributed by atoms with Crippen LogP contribution in [-0.2, 0) is 9.63 Å². The highest BCUT2D eigenvalue weighted by atomic mass is 32.2. The van der Waals surface area contributed by atoms with Gasteiger partial charge >= 0.3 is 0 Å². The number of aromatic nitrogens is 2. The first-order chi connectivity index (χ1) is 13.6. The number of hydrogen-bond donors (Lipinski definition) is 3. The number of hydroxylamine groups is 1. The van der Waals surface area contributed by atoms with Gasteiger partial charge in [-0.15, -0.1) is 16.9 Å². The van der Waals surface area contributed by atoms with Crippen LogP contribution in [0.2, 0.25) is 0 Å². The van der Waals surface area contributed by atoms with Gasteiger partial charge in [-0.3, -0.25) is 25.2 Å². The summed E-state index contributed by atoms with van der Waals surface area (Å²) < 4.78 is 0. The Bertz CT molecular complexity index is 746. The summed E-state index contributed by atoms with van der Waals surface area (Å²) in [6, 6.07) is 4.10. The molecule has 3 saturated heterocycles. The molecular weight excluding hydrogens is 380 g/mol. The van der Waals surface area contributed by atoms with Gasteiger partial charge in [-0.1, -0.05) is 6.92 Å². The Morgan fingerprint density at radius 3 is 3.04 bits per heavy atom. The van der Waals surface area contributed by atoms with Crippen molar-refractivity contribution in [3.63, 3.8) is 0 Å². The van der Waals surface area contributed by atoms with Gasteiger partial charge in [-0.2, -0.15) is 5.26 Å². The second-order valence-electron chi connectivity index (χ2n) is 7.11. The molecule has 3 fully saturated rings. The second kappa shape index (κ2) is 8.28. The molecule has 1 aromatic rings. The van der Waals surface area contributed by atoms with Crippen LogP contribution in [0.1, 0.15) is 19.8 Å². The van der Waals surface area contributed by atoms with Gasteiger partial charge in [-0.25, -0.2) is 15.4 Å². The molecule has 4 rings (SSSR count). The van der Waals surface area contributed by atoms with Crippen LogP contribution in [0.5, 0.6) is 0 Å². The van der Waals surface area contributed by atoms with Crippen molar-refractivity contribution in [1.82, 2.24) is 30.8 Å². The highest BCUT2D eigenvalue weighted by molar-refractivity contribution is 8.00. The zero-order chi connectivity index (χ0) is 19.6. The largest absolute Gasteiger partial charge is 0.293 e. The first kappa shape index (κ1) is 19.5. The molecule has 3 N–H and O–H groups in total. The third kappa shape index (κ3) is 4.12. The van der Waals surface area contributed by atoms with Crippen LogP contribution in [-0.4, -0.2) is 74.5 Å². The first-order valence-electron chi connectivity index (χ1n) is 9.45. The maximum atomic E-state index is 12.2. The van der Waals surface area contributed by atoms with E-state index in [1.54, 1.807) is 30.2 Å². The van der Waals surface area contributed by atoms with Crippen molar-refractivity contribution in [2.45, 2.75) is 42.9 Å². The maximum Gasteiger partial charge on any atom is 0.240 e. The molecule has 3 aliphatic rings. The number of carbonyl (C=O) groups excluding carboxylic acids is 1. The predicted octanol–water partition coefficient (Wildman–Crippen LogP) is -0.0978. The standard InChI is InChI=1S/C17H24N8O2S/c1-2-17(22-12(8-18)11-28-17)23-25-13-4-7-24(9-14(13)27-25)10-15(26)21-16-19-5-3-6-20-16/h3,5-6,12-14,22-23H,2,4,7,9-11H2,1H3,(H,19,20,21,26). The summed E-state index contributed by atoms with van der Waals surface area (Å²) in [7, 11) is 0. The monoisotopic (exact) mass is 404 g/mol. The second-order valence-corrected chi connectivity index (χ2v) is 8.43. The molecule has 0 spiro atoms. The lowest BCUT2D eigenvalue weighted by Crippen LogP contribution is -2.73. The Labute approximate surface area is 167 Å². The first-order valence-corrected chi connectivity index (χ1v) is 10.4. The van der Waals surface area contributed by atoms with Crippen molar-refractivity contribution in [3.8, 4) is 6.07 Å². The number of likely N-dealkylation sites (tertiary alicyclic amines) is 1. The number of carbonyl (C=O) groups is 1. The van der Waals surface area contributed by atoms with Crippen molar-refractivity contribution >= 4 is 23.6 Å². The van der Waals surface area contributed by atoms with Crippen molar-refractivity contribution in [2.24, 2.45) is 0 Å². The van der Waals surface area contributed by atoms with Crippen LogP contribution in [0.25, 0.3) is 0 Å². The van der Waals surface area contributed by atoms with Crippen molar-refractivity contribution in [2.75, 3.05) is 30.7 Å². The van der Waals surface area contributed by atoms with E-state index in [1.807, 2.05) is 5.17 Å². The van der Waals surface area contributed by atoms with Crippen LogP contribution in [0.4, 0.5) is 5.95 Å². The molecule has 4 atom stereocenters. The molecule has 10 nitrogen and oxygen atoms in total. The summed E-state index contributed by atoms with van der Waals surface area (Å²) in [4.78, 5) is 27.8. The number of hydrogen-bond acceptors (Lipinski definition) is 10. The predicted molar refractivity (Wildman–Crippen MR) is 103 cm³/mol. The average Bonchev–Trinajstić information content (AvgIpc) is 3.11. The van der Waals surface area contributed by atoms with Crippen LogP contribution in [0, 0.1) is 11.3 Å². The third-order valence-electron chi connectivity index (χ3n) is 5.19. The molecule has 0 aromatic carbocycles. The van der Waals surface area contributed by atoms with Gasteiger partial charge in [-0.05, 0) is 18.9 Å². The lowest BCUT2D eigenvalue weighted by molar-refractivity contribution is -0.381. The molecule has 150 valence electrons. The molecule has 4 heterocycles. The molecule has 3 aliphatic heterocycles. The third-order valence-corrected chi connectivity index (χ3v) is 6.68. The fourth-order valence-corrected chi connectivity index (χ4v) is 4.87. The van der Waals surface area contributed by atoms with Gasteiger partial charge in [0.1, 0.15) is 17.1 Å². The number of amides is 1. The summed E-state index contributed by atoms with van der Waals surface area (Å²) >= 11 is 1.71. The fraction of sp³-hybridized carbons (Fsp3) is 0.647. The van der Waals surface area contributed by atoms with E-state index in [2.05, 4.69) is 43.9 Å². The zero-order valence-electron chi connectivity index (χ0n) is 15.7. The molecule has 1 aromatic heterocycles. The van der Waals surface area contributed by atoms with E-state index in [9.17, 15) is 4.79 Å². The molecule has 0 bridgehead atoms.